The maximum atomic E-state index is 12.2. The van der Waals surface area contributed by atoms with Gasteiger partial charge >= 0.3 is 12.3 Å². The smallest absolute Gasteiger partial charge is 0.428 e. The molecule has 0 bridgehead atoms. The number of ether oxygens (including phenoxy) is 5. The largest absolute Gasteiger partial charge is 0.514 e. The number of carbonyl (C=O) groups is 2. The maximum absolute atomic E-state index is 12.2. The van der Waals surface area contributed by atoms with Crippen molar-refractivity contribution in [3.05, 3.63) is 130 Å². The van der Waals surface area contributed by atoms with Gasteiger partial charge in [0.15, 0.2) is 0 Å². The fourth-order valence-electron chi connectivity index (χ4n) is 4.47. The van der Waals surface area contributed by atoms with Crippen molar-refractivity contribution in [3.8, 4) is 11.5 Å². The van der Waals surface area contributed by atoms with Gasteiger partial charge in [0.1, 0.15) is 34.9 Å². The molecule has 2 atom stereocenters. The number of carbonyl (C=O) groups excluding carboxylic acids is 2. The van der Waals surface area contributed by atoms with Crippen LogP contribution in [0.2, 0.25) is 0 Å². The summed E-state index contributed by atoms with van der Waals surface area (Å²) in [5, 5.41) is 0. The van der Waals surface area contributed by atoms with Crippen LogP contribution in [0.15, 0.2) is 97.1 Å². The lowest BCUT2D eigenvalue weighted by atomic mass is 9.97. The van der Waals surface area contributed by atoms with Crippen molar-refractivity contribution in [1.29, 1.82) is 0 Å². The number of benzene rings is 4. The van der Waals surface area contributed by atoms with Gasteiger partial charge in [-0.25, -0.2) is 9.59 Å². The van der Waals surface area contributed by atoms with Gasteiger partial charge in [0, 0.05) is 0 Å². The van der Waals surface area contributed by atoms with Gasteiger partial charge in [0.05, 0.1) is 0 Å². The standard InChI is InChI=1S/C38H42O7/c1-25-9-13-27(14-10-25)33(29-17-21-31(22-18-29)41-35(39)44-37(3,4)5)43-34(28-15-11-26(2)12-16-28)30-19-23-32(24-20-30)42-36(40)45-38(6,7)8/h9-24,33-34H,1-8H3. The molecule has 0 N–H and O–H groups in total. The minimum Gasteiger partial charge on any atom is -0.428 e. The number of hydrogen-bond acceptors (Lipinski definition) is 7. The molecular formula is C38H42O7. The Morgan fingerprint density at radius 1 is 0.467 bits per heavy atom. The quantitative estimate of drug-likeness (QED) is 0.145. The van der Waals surface area contributed by atoms with E-state index in [2.05, 4.69) is 48.5 Å². The van der Waals surface area contributed by atoms with E-state index >= 15 is 0 Å². The third-order valence-corrected chi connectivity index (χ3v) is 6.58. The molecule has 7 heteroatoms. The molecule has 0 aromatic heterocycles. The first-order valence-electron chi connectivity index (χ1n) is 15.0. The van der Waals surface area contributed by atoms with Gasteiger partial charge in [-0.15, -0.1) is 0 Å². The molecule has 45 heavy (non-hydrogen) atoms. The molecular weight excluding hydrogens is 568 g/mol. The number of aryl methyl sites for hydroxylation is 2. The number of hydrogen-bond donors (Lipinski definition) is 0. The van der Waals surface area contributed by atoms with Crippen LogP contribution in [0.3, 0.4) is 0 Å². The lowest BCUT2D eigenvalue weighted by molar-refractivity contribution is 0.0193. The molecule has 7 nitrogen and oxygen atoms in total. The molecule has 2 unspecified atom stereocenters. The van der Waals surface area contributed by atoms with E-state index in [1.54, 1.807) is 65.8 Å². The zero-order chi connectivity index (χ0) is 32.8. The highest BCUT2D eigenvalue weighted by atomic mass is 16.7. The van der Waals surface area contributed by atoms with Gasteiger partial charge in [0.25, 0.3) is 0 Å². The van der Waals surface area contributed by atoms with Crippen molar-refractivity contribution in [2.75, 3.05) is 0 Å². The normalized spacial score (nSPS) is 13.0. The van der Waals surface area contributed by atoms with Crippen molar-refractivity contribution < 1.29 is 33.3 Å². The van der Waals surface area contributed by atoms with Crippen LogP contribution >= 0.6 is 0 Å². The molecule has 0 spiro atoms. The second-order valence-electron chi connectivity index (χ2n) is 13.0. The molecule has 0 aliphatic rings. The topological polar surface area (TPSA) is 80.3 Å². The Kier molecular flexibility index (Phi) is 10.3. The summed E-state index contributed by atoms with van der Waals surface area (Å²) in [6.45, 7) is 14.8. The van der Waals surface area contributed by atoms with Gasteiger partial charge < -0.3 is 23.7 Å². The Morgan fingerprint density at radius 3 is 1.00 bits per heavy atom. The predicted molar refractivity (Wildman–Crippen MR) is 174 cm³/mol. The van der Waals surface area contributed by atoms with Crippen LogP contribution in [0.1, 0.15) is 87.1 Å². The van der Waals surface area contributed by atoms with Crippen molar-refractivity contribution in [2.45, 2.75) is 78.8 Å². The van der Waals surface area contributed by atoms with E-state index in [9.17, 15) is 9.59 Å². The van der Waals surface area contributed by atoms with E-state index in [-0.39, 0.29) is 0 Å². The third-order valence-electron chi connectivity index (χ3n) is 6.58. The summed E-state index contributed by atoms with van der Waals surface area (Å²) >= 11 is 0. The summed E-state index contributed by atoms with van der Waals surface area (Å²) in [4.78, 5) is 24.4. The zero-order valence-electron chi connectivity index (χ0n) is 27.3. The Bertz CT molecular complexity index is 1440. The van der Waals surface area contributed by atoms with E-state index in [1.165, 1.54) is 0 Å². The molecule has 0 aliphatic carbocycles. The molecule has 0 fully saturated rings. The Hall–Kier alpha value is -4.62. The van der Waals surface area contributed by atoms with E-state index in [4.69, 9.17) is 23.7 Å². The maximum Gasteiger partial charge on any atom is 0.514 e. The van der Waals surface area contributed by atoms with E-state index < -0.39 is 35.7 Å². The van der Waals surface area contributed by atoms with Crippen LogP contribution in [0, 0.1) is 13.8 Å². The van der Waals surface area contributed by atoms with Crippen LogP contribution in [-0.2, 0) is 14.2 Å². The van der Waals surface area contributed by atoms with Crippen molar-refractivity contribution in [1.82, 2.24) is 0 Å². The molecule has 0 heterocycles. The average molecular weight is 611 g/mol. The van der Waals surface area contributed by atoms with E-state index in [0.29, 0.717) is 11.5 Å². The molecule has 0 amide bonds. The molecule has 4 rings (SSSR count). The van der Waals surface area contributed by atoms with Gasteiger partial charge in [-0.2, -0.15) is 0 Å². The highest BCUT2D eigenvalue weighted by molar-refractivity contribution is 5.65. The minimum atomic E-state index is -0.764. The minimum absolute atomic E-state index is 0.367. The summed E-state index contributed by atoms with van der Waals surface area (Å²) in [6, 6.07) is 30.9. The summed E-state index contributed by atoms with van der Waals surface area (Å²) in [6.07, 6.45) is -2.46. The fraction of sp³-hybridized carbons (Fsp3) is 0.316. The molecule has 4 aromatic carbocycles. The SMILES string of the molecule is Cc1ccc(C(OC(c2ccc(C)cc2)c2ccc(OC(=O)OC(C)(C)C)cc2)c2ccc(OC(=O)OC(C)(C)C)cc2)cc1. The predicted octanol–water partition coefficient (Wildman–Crippen LogP) is 9.83. The molecule has 0 radical (unpaired) electrons. The molecule has 0 saturated carbocycles. The lowest BCUT2D eigenvalue weighted by Crippen LogP contribution is -2.26. The van der Waals surface area contributed by atoms with Crippen LogP contribution in [0.4, 0.5) is 9.59 Å². The van der Waals surface area contributed by atoms with E-state index in [1.807, 2.05) is 38.1 Å². The van der Waals surface area contributed by atoms with Crippen LogP contribution in [-0.4, -0.2) is 23.5 Å². The fourth-order valence-corrected chi connectivity index (χ4v) is 4.47. The first-order chi connectivity index (χ1) is 21.1. The molecule has 4 aromatic rings. The van der Waals surface area contributed by atoms with Gasteiger partial charge in [0.2, 0.25) is 0 Å². The second kappa shape index (κ2) is 14.0. The third kappa shape index (κ3) is 10.2. The summed E-state index contributed by atoms with van der Waals surface area (Å²) in [7, 11) is 0. The van der Waals surface area contributed by atoms with Crippen molar-refractivity contribution in [2.24, 2.45) is 0 Å². The highest BCUT2D eigenvalue weighted by Crippen LogP contribution is 2.37. The van der Waals surface area contributed by atoms with Gasteiger partial charge in [-0.05, 0) is 102 Å². The second-order valence-corrected chi connectivity index (χ2v) is 13.0. The monoisotopic (exact) mass is 610 g/mol. The Morgan fingerprint density at radius 2 is 0.733 bits per heavy atom. The first kappa shape index (κ1) is 33.3. The number of rotatable bonds is 8. The van der Waals surface area contributed by atoms with Gasteiger partial charge in [-0.3, -0.25) is 0 Å². The lowest BCUT2D eigenvalue weighted by Gasteiger charge is -2.27. The Balaban J connectivity index is 1.66. The van der Waals surface area contributed by atoms with Crippen molar-refractivity contribution in [3.63, 3.8) is 0 Å². The highest BCUT2D eigenvalue weighted by Gasteiger charge is 2.25. The van der Waals surface area contributed by atoms with Crippen LogP contribution in [0.5, 0.6) is 11.5 Å². The molecule has 236 valence electrons. The summed E-state index contributed by atoms with van der Waals surface area (Å²) < 4.78 is 28.4. The summed E-state index contributed by atoms with van der Waals surface area (Å²) in [5.41, 5.74) is 4.61. The first-order valence-corrected chi connectivity index (χ1v) is 15.0. The van der Waals surface area contributed by atoms with Crippen LogP contribution < -0.4 is 9.47 Å². The van der Waals surface area contributed by atoms with E-state index in [0.717, 1.165) is 33.4 Å². The van der Waals surface area contributed by atoms with Crippen molar-refractivity contribution >= 4 is 12.3 Å². The zero-order valence-corrected chi connectivity index (χ0v) is 27.3. The summed E-state index contributed by atoms with van der Waals surface area (Å²) in [5.74, 6) is 0.734. The average Bonchev–Trinajstić information content (AvgIpc) is 2.94. The molecule has 0 aliphatic heterocycles. The van der Waals surface area contributed by atoms with Crippen LogP contribution in [0.25, 0.3) is 0 Å². The Labute approximate surface area is 266 Å². The van der Waals surface area contributed by atoms with Gasteiger partial charge in [-0.1, -0.05) is 83.9 Å². The molecule has 0 saturated heterocycles.